The molecule has 3 aromatic carbocycles. The Kier molecular flexibility index (Phi) is 11.2. The Hall–Kier alpha value is -4.25. The summed E-state index contributed by atoms with van der Waals surface area (Å²) in [6.07, 6.45) is 0.716. The van der Waals surface area contributed by atoms with E-state index in [1.54, 1.807) is 62.6 Å². The number of para-hydroxylation sites is 1. The minimum Gasteiger partial charge on any atom is -0.497 e. The van der Waals surface area contributed by atoms with Crippen LogP contribution in [0.1, 0.15) is 32.8 Å². The van der Waals surface area contributed by atoms with Crippen LogP contribution in [0.4, 0.5) is 5.69 Å². The van der Waals surface area contributed by atoms with Gasteiger partial charge in [-0.1, -0.05) is 37.3 Å². The Morgan fingerprint density at radius 2 is 1.55 bits per heavy atom. The van der Waals surface area contributed by atoms with Gasteiger partial charge >= 0.3 is 0 Å². The van der Waals surface area contributed by atoms with Crippen LogP contribution in [0.3, 0.4) is 0 Å². The van der Waals surface area contributed by atoms with Gasteiger partial charge in [0.2, 0.25) is 11.8 Å². The lowest BCUT2D eigenvalue weighted by molar-refractivity contribution is -0.139. The van der Waals surface area contributed by atoms with Gasteiger partial charge in [0.15, 0.2) is 11.5 Å². The SMILES string of the molecule is CC[C@H](C)NC(=O)[C@@H](C)N(Cc1cccc(OC)c1)C(=O)CN(c1ccccc1)S(=O)(=O)c1ccc(OC)c(OC)c1. The van der Waals surface area contributed by atoms with Crippen molar-refractivity contribution in [3.05, 3.63) is 78.4 Å². The second-order valence-electron chi connectivity index (χ2n) is 9.73. The number of hydrogen-bond acceptors (Lipinski definition) is 7. The van der Waals surface area contributed by atoms with Gasteiger partial charge in [-0.15, -0.1) is 0 Å². The molecule has 0 saturated carbocycles. The van der Waals surface area contributed by atoms with E-state index in [1.165, 1.54) is 37.3 Å². The number of benzene rings is 3. The second kappa shape index (κ2) is 14.6. The maximum atomic E-state index is 14.1. The Morgan fingerprint density at radius 3 is 2.17 bits per heavy atom. The van der Waals surface area contributed by atoms with Crippen LogP contribution < -0.4 is 23.8 Å². The summed E-state index contributed by atoms with van der Waals surface area (Å²) in [6.45, 7) is 4.97. The molecule has 11 heteroatoms. The summed E-state index contributed by atoms with van der Waals surface area (Å²) in [7, 11) is 0.146. The summed E-state index contributed by atoms with van der Waals surface area (Å²) in [4.78, 5) is 28.5. The fourth-order valence-electron chi connectivity index (χ4n) is 4.24. The van der Waals surface area contributed by atoms with E-state index < -0.39 is 28.5 Å². The molecule has 0 fully saturated rings. The third-order valence-electron chi connectivity index (χ3n) is 6.92. The largest absolute Gasteiger partial charge is 0.497 e. The van der Waals surface area contributed by atoms with Gasteiger partial charge in [0, 0.05) is 18.7 Å². The van der Waals surface area contributed by atoms with Crippen LogP contribution in [-0.2, 0) is 26.2 Å². The summed E-state index contributed by atoms with van der Waals surface area (Å²) >= 11 is 0. The van der Waals surface area contributed by atoms with E-state index in [4.69, 9.17) is 14.2 Å². The minimum absolute atomic E-state index is 0.0597. The van der Waals surface area contributed by atoms with E-state index >= 15 is 0 Å². The highest BCUT2D eigenvalue weighted by Gasteiger charge is 2.33. The average molecular weight is 598 g/mol. The third-order valence-corrected chi connectivity index (χ3v) is 8.69. The predicted molar refractivity (Wildman–Crippen MR) is 161 cm³/mol. The van der Waals surface area contributed by atoms with Crippen molar-refractivity contribution in [1.82, 2.24) is 10.2 Å². The molecular formula is C31H39N3O7S. The molecule has 0 aliphatic rings. The first-order valence-corrected chi connectivity index (χ1v) is 15.0. The molecule has 0 aliphatic heterocycles. The second-order valence-corrected chi connectivity index (χ2v) is 11.6. The van der Waals surface area contributed by atoms with E-state index in [1.807, 2.05) is 19.9 Å². The van der Waals surface area contributed by atoms with Crippen molar-refractivity contribution in [3.8, 4) is 17.2 Å². The summed E-state index contributed by atoms with van der Waals surface area (Å²) in [5, 5.41) is 2.92. The van der Waals surface area contributed by atoms with Crippen molar-refractivity contribution in [1.29, 1.82) is 0 Å². The Bertz CT molecular complexity index is 1460. The summed E-state index contributed by atoms with van der Waals surface area (Å²) in [6, 6.07) is 18.8. The van der Waals surface area contributed by atoms with Crippen molar-refractivity contribution in [2.24, 2.45) is 0 Å². The van der Waals surface area contributed by atoms with Gasteiger partial charge < -0.3 is 24.4 Å². The van der Waals surface area contributed by atoms with E-state index in [9.17, 15) is 18.0 Å². The van der Waals surface area contributed by atoms with E-state index in [2.05, 4.69) is 5.32 Å². The molecule has 0 heterocycles. The van der Waals surface area contributed by atoms with Crippen molar-refractivity contribution < 1.29 is 32.2 Å². The van der Waals surface area contributed by atoms with Gasteiger partial charge in [-0.25, -0.2) is 8.42 Å². The molecule has 0 aliphatic carbocycles. The molecule has 10 nitrogen and oxygen atoms in total. The number of sulfonamides is 1. The lowest BCUT2D eigenvalue weighted by Gasteiger charge is -2.32. The number of ether oxygens (including phenoxy) is 3. The standard InChI is InChI=1S/C31H39N3O7S/c1-7-22(2)32-31(36)23(3)33(20-24-12-11-15-26(18-24)39-4)30(35)21-34(25-13-9-8-10-14-25)42(37,38)27-16-17-28(40-5)29(19-27)41-6/h8-19,22-23H,7,20-21H2,1-6H3,(H,32,36)/t22-,23+/m0/s1. The minimum atomic E-state index is -4.26. The van der Waals surface area contributed by atoms with Gasteiger partial charge in [0.25, 0.3) is 10.0 Å². The molecule has 1 N–H and O–H groups in total. The average Bonchev–Trinajstić information content (AvgIpc) is 3.01. The number of methoxy groups -OCH3 is 3. The molecule has 2 atom stereocenters. The molecule has 42 heavy (non-hydrogen) atoms. The normalized spacial score (nSPS) is 12.5. The molecule has 226 valence electrons. The molecular weight excluding hydrogens is 558 g/mol. The van der Waals surface area contributed by atoms with Crippen LogP contribution in [-0.4, -0.2) is 65.1 Å². The van der Waals surface area contributed by atoms with Crippen molar-refractivity contribution in [2.45, 2.75) is 50.7 Å². The molecule has 3 rings (SSSR count). The van der Waals surface area contributed by atoms with E-state index in [0.29, 0.717) is 23.6 Å². The highest BCUT2D eigenvalue weighted by molar-refractivity contribution is 7.92. The highest BCUT2D eigenvalue weighted by atomic mass is 32.2. The first-order valence-electron chi connectivity index (χ1n) is 13.6. The van der Waals surface area contributed by atoms with E-state index in [0.717, 1.165) is 9.87 Å². The zero-order chi connectivity index (χ0) is 30.9. The Labute approximate surface area is 248 Å². The lowest BCUT2D eigenvalue weighted by atomic mass is 10.1. The summed E-state index contributed by atoms with van der Waals surface area (Å²) in [5.74, 6) is 0.294. The Balaban J connectivity index is 2.05. The molecule has 2 amide bonds. The highest BCUT2D eigenvalue weighted by Crippen LogP contribution is 2.32. The monoisotopic (exact) mass is 597 g/mol. The Morgan fingerprint density at radius 1 is 0.857 bits per heavy atom. The maximum Gasteiger partial charge on any atom is 0.264 e. The van der Waals surface area contributed by atoms with Crippen LogP contribution in [0.5, 0.6) is 17.2 Å². The number of carbonyl (C=O) groups excluding carboxylic acids is 2. The molecule has 0 saturated heterocycles. The molecule has 0 spiro atoms. The fourth-order valence-corrected chi connectivity index (χ4v) is 5.67. The molecule has 3 aromatic rings. The third kappa shape index (κ3) is 7.73. The fraction of sp³-hybridized carbons (Fsp3) is 0.355. The van der Waals surface area contributed by atoms with Crippen molar-refractivity contribution >= 4 is 27.5 Å². The smallest absolute Gasteiger partial charge is 0.264 e. The van der Waals surface area contributed by atoms with Crippen molar-refractivity contribution in [2.75, 3.05) is 32.2 Å². The molecule has 0 bridgehead atoms. The lowest BCUT2D eigenvalue weighted by Crippen LogP contribution is -2.52. The van der Waals surface area contributed by atoms with Gasteiger partial charge in [0.05, 0.1) is 31.9 Å². The first-order chi connectivity index (χ1) is 20.0. The number of amides is 2. The van der Waals surface area contributed by atoms with Crippen LogP contribution in [0, 0.1) is 0 Å². The van der Waals surface area contributed by atoms with Crippen LogP contribution in [0.2, 0.25) is 0 Å². The summed E-state index contributed by atoms with van der Waals surface area (Å²) < 4.78 is 45.1. The first kappa shape index (κ1) is 32.3. The van der Waals surface area contributed by atoms with Gasteiger partial charge in [0.1, 0.15) is 18.3 Å². The number of nitrogens with one attached hydrogen (secondary N) is 1. The summed E-state index contributed by atoms with van der Waals surface area (Å²) in [5.41, 5.74) is 1.01. The number of carbonyl (C=O) groups is 2. The molecule has 0 aromatic heterocycles. The number of rotatable bonds is 14. The van der Waals surface area contributed by atoms with Gasteiger partial charge in [-0.3, -0.25) is 13.9 Å². The van der Waals surface area contributed by atoms with Crippen LogP contribution in [0.15, 0.2) is 77.7 Å². The van der Waals surface area contributed by atoms with Crippen LogP contribution in [0.25, 0.3) is 0 Å². The molecule has 0 radical (unpaired) electrons. The van der Waals surface area contributed by atoms with Gasteiger partial charge in [-0.2, -0.15) is 0 Å². The molecule has 0 unspecified atom stereocenters. The van der Waals surface area contributed by atoms with E-state index in [-0.39, 0.29) is 29.1 Å². The number of anilines is 1. The number of hydrogen-bond donors (Lipinski definition) is 1. The van der Waals surface area contributed by atoms with Crippen molar-refractivity contribution in [3.63, 3.8) is 0 Å². The maximum absolute atomic E-state index is 14.1. The zero-order valence-electron chi connectivity index (χ0n) is 24.9. The predicted octanol–water partition coefficient (Wildman–Crippen LogP) is 4.24. The number of nitrogens with zero attached hydrogens (tertiary/aromatic N) is 2. The quantitative estimate of drug-likeness (QED) is 0.296. The van der Waals surface area contributed by atoms with Gasteiger partial charge in [-0.05, 0) is 62.2 Å². The van der Waals surface area contributed by atoms with Crippen LogP contribution >= 0.6 is 0 Å². The zero-order valence-corrected chi connectivity index (χ0v) is 25.7. The topological polar surface area (TPSA) is 114 Å².